The van der Waals surface area contributed by atoms with Gasteiger partial charge < -0.3 is 19.5 Å². The molecular weight excluding hydrogens is 396 g/mol. The monoisotopic (exact) mass is 420 g/mol. The predicted octanol–water partition coefficient (Wildman–Crippen LogP) is 2.41. The van der Waals surface area contributed by atoms with Crippen LogP contribution in [-0.2, 0) is 14.8 Å². The summed E-state index contributed by atoms with van der Waals surface area (Å²) in [7, 11) is -0.918. The van der Waals surface area contributed by atoms with E-state index in [0.717, 1.165) is 19.4 Å². The van der Waals surface area contributed by atoms with Gasteiger partial charge in [-0.1, -0.05) is 0 Å². The van der Waals surface area contributed by atoms with E-state index in [0.29, 0.717) is 29.3 Å². The molecule has 1 aliphatic rings. The molecule has 3 rings (SSSR count). The number of nitrogens with one attached hydrogen (secondary N) is 2. The summed E-state index contributed by atoms with van der Waals surface area (Å²) in [6.45, 7) is 1.20. The highest BCUT2D eigenvalue weighted by atomic mass is 32.2. The van der Waals surface area contributed by atoms with E-state index in [1.54, 1.807) is 24.3 Å². The normalized spacial score (nSPS) is 16.3. The number of carbonyl (C=O) groups excluding carboxylic acids is 1. The van der Waals surface area contributed by atoms with Crippen molar-refractivity contribution in [1.29, 1.82) is 0 Å². The Morgan fingerprint density at radius 1 is 1.10 bits per heavy atom. The van der Waals surface area contributed by atoms with Crippen LogP contribution in [0.4, 0.5) is 5.69 Å². The van der Waals surface area contributed by atoms with Crippen LogP contribution in [0.15, 0.2) is 47.4 Å². The molecule has 1 fully saturated rings. The maximum absolute atomic E-state index is 12.6. The first-order valence-corrected chi connectivity index (χ1v) is 10.7. The zero-order chi connectivity index (χ0) is 20.9. The lowest BCUT2D eigenvalue weighted by Crippen LogP contribution is -2.31. The SMILES string of the molecule is COc1ccc(S(=O)(=O)Nc2ccc(C(=O)NCC3CCCO3)cc2)cc1OC. The highest BCUT2D eigenvalue weighted by Crippen LogP contribution is 2.30. The van der Waals surface area contributed by atoms with Crippen molar-refractivity contribution in [3.63, 3.8) is 0 Å². The molecule has 2 aromatic carbocycles. The number of hydrogen-bond acceptors (Lipinski definition) is 6. The molecule has 0 saturated carbocycles. The van der Waals surface area contributed by atoms with Crippen LogP contribution in [0.2, 0.25) is 0 Å². The number of anilines is 1. The lowest BCUT2D eigenvalue weighted by atomic mass is 10.2. The summed E-state index contributed by atoms with van der Waals surface area (Å²) in [5.41, 5.74) is 0.785. The van der Waals surface area contributed by atoms with Crippen LogP contribution in [0.1, 0.15) is 23.2 Å². The van der Waals surface area contributed by atoms with E-state index in [4.69, 9.17) is 14.2 Å². The maximum Gasteiger partial charge on any atom is 0.262 e. The Morgan fingerprint density at radius 2 is 1.83 bits per heavy atom. The van der Waals surface area contributed by atoms with Gasteiger partial charge >= 0.3 is 0 Å². The van der Waals surface area contributed by atoms with Gasteiger partial charge in [0.05, 0.1) is 25.2 Å². The van der Waals surface area contributed by atoms with Gasteiger partial charge in [-0.25, -0.2) is 8.42 Å². The molecule has 29 heavy (non-hydrogen) atoms. The maximum atomic E-state index is 12.6. The van der Waals surface area contributed by atoms with Gasteiger partial charge in [-0.3, -0.25) is 9.52 Å². The molecule has 0 aromatic heterocycles. The third-order valence-corrected chi connectivity index (χ3v) is 5.96. The second-order valence-electron chi connectivity index (χ2n) is 6.54. The van der Waals surface area contributed by atoms with Gasteiger partial charge in [-0.2, -0.15) is 0 Å². The Labute approximate surface area is 170 Å². The largest absolute Gasteiger partial charge is 0.493 e. The Kier molecular flexibility index (Phi) is 6.60. The number of amides is 1. The molecule has 9 heteroatoms. The molecule has 1 heterocycles. The van der Waals surface area contributed by atoms with Crippen LogP contribution in [-0.4, -0.2) is 47.8 Å². The summed E-state index contributed by atoms with van der Waals surface area (Å²) >= 11 is 0. The Balaban J connectivity index is 1.66. The number of sulfonamides is 1. The lowest BCUT2D eigenvalue weighted by Gasteiger charge is -2.13. The van der Waals surface area contributed by atoms with Crippen LogP contribution < -0.4 is 19.5 Å². The molecule has 0 aliphatic carbocycles. The second kappa shape index (κ2) is 9.15. The predicted molar refractivity (Wildman–Crippen MR) is 108 cm³/mol. The van der Waals surface area contributed by atoms with Crippen molar-refractivity contribution < 1.29 is 27.4 Å². The van der Waals surface area contributed by atoms with Crippen LogP contribution >= 0.6 is 0 Å². The van der Waals surface area contributed by atoms with Gasteiger partial charge in [0, 0.05) is 30.5 Å². The summed E-state index contributed by atoms with van der Waals surface area (Å²) in [6.07, 6.45) is 2.01. The quantitative estimate of drug-likeness (QED) is 0.680. The molecule has 0 radical (unpaired) electrons. The van der Waals surface area contributed by atoms with Crippen molar-refractivity contribution in [1.82, 2.24) is 5.32 Å². The van der Waals surface area contributed by atoms with Crippen molar-refractivity contribution >= 4 is 21.6 Å². The molecule has 1 aliphatic heterocycles. The van der Waals surface area contributed by atoms with Crippen LogP contribution in [0.5, 0.6) is 11.5 Å². The van der Waals surface area contributed by atoms with E-state index in [9.17, 15) is 13.2 Å². The van der Waals surface area contributed by atoms with Gasteiger partial charge in [-0.05, 0) is 49.2 Å². The molecule has 1 saturated heterocycles. The highest BCUT2D eigenvalue weighted by Gasteiger charge is 2.19. The number of hydrogen-bond donors (Lipinski definition) is 2. The minimum Gasteiger partial charge on any atom is -0.493 e. The van der Waals surface area contributed by atoms with Crippen molar-refractivity contribution in [2.75, 3.05) is 32.1 Å². The molecule has 1 amide bonds. The van der Waals surface area contributed by atoms with Crippen molar-refractivity contribution in [3.8, 4) is 11.5 Å². The molecule has 0 bridgehead atoms. The average Bonchev–Trinajstić information content (AvgIpc) is 3.25. The van der Waals surface area contributed by atoms with Crippen LogP contribution in [0, 0.1) is 0 Å². The zero-order valence-electron chi connectivity index (χ0n) is 16.3. The topological polar surface area (TPSA) is 103 Å². The van der Waals surface area contributed by atoms with Crippen LogP contribution in [0.25, 0.3) is 0 Å². The molecule has 1 atom stereocenters. The number of benzene rings is 2. The smallest absolute Gasteiger partial charge is 0.262 e. The zero-order valence-corrected chi connectivity index (χ0v) is 17.1. The first-order chi connectivity index (χ1) is 13.9. The molecule has 1 unspecified atom stereocenters. The Hall–Kier alpha value is -2.78. The minimum atomic E-state index is -3.83. The summed E-state index contributed by atoms with van der Waals surface area (Å²) in [5, 5.41) is 2.83. The fourth-order valence-electron chi connectivity index (χ4n) is 3.00. The summed E-state index contributed by atoms with van der Waals surface area (Å²) in [6, 6.07) is 10.5. The third kappa shape index (κ3) is 5.18. The van der Waals surface area contributed by atoms with E-state index in [1.807, 2.05) is 0 Å². The van der Waals surface area contributed by atoms with E-state index < -0.39 is 10.0 Å². The van der Waals surface area contributed by atoms with E-state index >= 15 is 0 Å². The Morgan fingerprint density at radius 3 is 2.45 bits per heavy atom. The molecular formula is C20H24N2O6S. The first kappa shape index (κ1) is 20.9. The van der Waals surface area contributed by atoms with Crippen molar-refractivity contribution in [3.05, 3.63) is 48.0 Å². The van der Waals surface area contributed by atoms with Gasteiger partial charge in [0.1, 0.15) is 0 Å². The van der Waals surface area contributed by atoms with Gasteiger partial charge in [0.15, 0.2) is 11.5 Å². The van der Waals surface area contributed by atoms with Crippen molar-refractivity contribution in [2.45, 2.75) is 23.8 Å². The summed E-state index contributed by atoms with van der Waals surface area (Å²) in [5.74, 6) is 0.522. The fraction of sp³-hybridized carbons (Fsp3) is 0.350. The third-order valence-electron chi connectivity index (χ3n) is 4.58. The molecule has 8 nitrogen and oxygen atoms in total. The number of ether oxygens (including phenoxy) is 3. The molecule has 0 spiro atoms. The molecule has 156 valence electrons. The first-order valence-electron chi connectivity index (χ1n) is 9.17. The van der Waals surface area contributed by atoms with Crippen LogP contribution in [0.3, 0.4) is 0 Å². The number of methoxy groups -OCH3 is 2. The van der Waals surface area contributed by atoms with Gasteiger partial charge in [0.2, 0.25) is 0 Å². The van der Waals surface area contributed by atoms with Crippen molar-refractivity contribution in [2.24, 2.45) is 0 Å². The fourth-order valence-corrected chi connectivity index (χ4v) is 4.07. The van der Waals surface area contributed by atoms with E-state index in [1.165, 1.54) is 32.4 Å². The summed E-state index contributed by atoms with van der Waals surface area (Å²) < 4.78 is 43.5. The van der Waals surface area contributed by atoms with E-state index in [2.05, 4.69) is 10.0 Å². The second-order valence-corrected chi connectivity index (χ2v) is 8.23. The molecule has 2 N–H and O–H groups in total. The average molecular weight is 420 g/mol. The van der Waals surface area contributed by atoms with E-state index in [-0.39, 0.29) is 16.9 Å². The van der Waals surface area contributed by atoms with Gasteiger partial charge in [0.25, 0.3) is 15.9 Å². The minimum absolute atomic E-state index is 0.0357. The number of rotatable bonds is 8. The number of carbonyl (C=O) groups is 1. The summed E-state index contributed by atoms with van der Waals surface area (Å²) in [4.78, 5) is 12.3. The highest BCUT2D eigenvalue weighted by molar-refractivity contribution is 7.92. The lowest BCUT2D eigenvalue weighted by molar-refractivity contribution is 0.0858. The standard InChI is InChI=1S/C20H24N2O6S/c1-26-18-10-9-17(12-19(18)27-2)29(24,25)22-15-7-5-14(6-8-15)20(23)21-13-16-4-3-11-28-16/h5-10,12,16,22H,3-4,11,13H2,1-2H3,(H,21,23). The Bertz CT molecular complexity index is 953. The molecule has 2 aromatic rings. The van der Waals surface area contributed by atoms with Gasteiger partial charge in [-0.15, -0.1) is 0 Å².